The van der Waals surface area contributed by atoms with Gasteiger partial charge in [-0.2, -0.15) is 0 Å². The third-order valence-corrected chi connectivity index (χ3v) is 1.14. The van der Waals surface area contributed by atoms with E-state index in [0.717, 1.165) is 13.0 Å². The molecule has 0 aliphatic rings. The molecule has 6 nitrogen and oxygen atoms in total. The van der Waals surface area contributed by atoms with Crippen molar-refractivity contribution >= 4 is 17.7 Å². The van der Waals surface area contributed by atoms with Crippen LogP contribution in [-0.4, -0.2) is 22.8 Å². The summed E-state index contributed by atoms with van der Waals surface area (Å²) in [5.41, 5.74) is -1.06. The number of hydrogen-bond donors (Lipinski definition) is 1. The summed E-state index contributed by atoms with van der Waals surface area (Å²) >= 11 is 0. The Balaban J connectivity index is 5.16. The molecule has 0 aliphatic heterocycles. The van der Waals surface area contributed by atoms with Gasteiger partial charge in [0.05, 0.1) is 5.97 Å². The highest BCUT2D eigenvalue weighted by molar-refractivity contribution is 5.99. The molecule has 0 aliphatic carbocycles. The minimum atomic E-state index is -1.94. The highest BCUT2D eigenvalue weighted by atomic mass is 16.4. The Morgan fingerprint density at radius 2 is 1.64 bits per heavy atom. The van der Waals surface area contributed by atoms with Crippen molar-refractivity contribution in [2.24, 2.45) is 0 Å². The zero-order chi connectivity index (χ0) is 11.3. The predicted molar refractivity (Wildman–Crippen MR) is 39.5 cm³/mol. The molecule has 0 heterocycles. The summed E-state index contributed by atoms with van der Waals surface area (Å²) in [7, 11) is 0. The molecule has 0 atom stereocenters. The van der Waals surface area contributed by atoms with E-state index in [4.69, 9.17) is 5.11 Å². The molecule has 0 aromatic heterocycles. The second kappa shape index (κ2) is 4.80. The van der Waals surface area contributed by atoms with Gasteiger partial charge in [-0.1, -0.05) is 6.08 Å². The molecule has 0 unspecified atom stereocenters. The Morgan fingerprint density at radius 3 is 1.93 bits per heavy atom. The molecule has 6 heteroatoms. The van der Waals surface area contributed by atoms with Gasteiger partial charge in [-0.15, -0.1) is 0 Å². The fourth-order valence-corrected chi connectivity index (χ4v) is 0.552. The molecular weight excluding hydrogens is 192 g/mol. The van der Waals surface area contributed by atoms with Crippen molar-refractivity contribution in [1.82, 2.24) is 0 Å². The van der Waals surface area contributed by atoms with Crippen LogP contribution in [0, 0.1) is 0 Å². The lowest BCUT2D eigenvalue weighted by atomic mass is 10.2. The molecule has 0 saturated carbocycles. The first-order valence-corrected chi connectivity index (χ1v) is 3.40. The highest BCUT2D eigenvalue weighted by Gasteiger charge is 2.02. The molecule has 0 amide bonds. The van der Waals surface area contributed by atoms with Gasteiger partial charge >= 0.3 is 5.97 Å². The lowest BCUT2D eigenvalue weighted by molar-refractivity contribution is -0.313. The number of hydrogen-bond acceptors (Lipinski definition) is 5. The van der Waals surface area contributed by atoms with E-state index in [9.17, 15) is 24.6 Å². The number of carboxylic acid groups (broad SMARTS) is 2. The number of ketones is 1. The number of carboxylic acids is 2. The summed E-state index contributed by atoms with van der Waals surface area (Å²) in [6.07, 6.45) is 1.38. The van der Waals surface area contributed by atoms with Gasteiger partial charge in [0.15, 0.2) is 5.78 Å². The third-order valence-electron chi connectivity index (χ3n) is 1.14. The normalized spacial score (nSPS) is 12.4. The fraction of sp³-hybridized carbons (Fsp3) is 0.125. The summed E-state index contributed by atoms with van der Waals surface area (Å²) in [6.45, 7) is 1.12. The van der Waals surface area contributed by atoms with E-state index in [-0.39, 0.29) is 0 Å². The molecule has 1 N–H and O–H groups in total. The number of allylic oxidation sites excluding steroid dienone is 1. The highest BCUT2D eigenvalue weighted by Crippen LogP contribution is 2.00. The van der Waals surface area contributed by atoms with Crippen LogP contribution in [0.15, 0.2) is 23.5 Å². The molecule has 0 radical (unpaired) electrons. The third kappa shape index (κ3) is 3.53. The molecule has 0 spiro atoms. The number of aliphatic carboxylic acids is 2. The Kier molecular flexibility index (Phi) is 4.08. The quantitative estimate of drug-likeness (QED) is 0.305. The van der Waals surface area contributed by atoms with Crippen molar-refractivity contribution in [1.29, 1.82) is 0 Å². The van der Waals surface area contributed by atoms with Crippen LogP contribution in [0.3, 0.4) is 0 Å². The molecule has 0 rings (SSSR count). The standard InChI is InChI=1S/C8H8O6/c1-4(9)2-3-5(7(11)12)6(10)8(13)14/h2-3,10H,1H3,(H,11,12)(H,13,14)/p-2/b3-2+,6-5+. The summed E-state index contributed by atoms with van der Waals surface area (Å²) in [6, 6.07) is 0. The van der Waals surface area contributed by atoms with Crippen LogP contribution >= 0.6 is 0 Å². The van der Waals surface area contributed by atoms with E-state index in [1.165, 1.54) is 0 Å². The van der Waals surface area contributed by atoms with Crippen LogP contribution in [0.2, 0.25) is 0 Å². The predicted octanol–water partition coefficient (Wildman–Crippen LogP) is -2.42. The van der Waals surface area contributed by atoms with Crippen LogP contribution in [0.5, 0.6) is 0 Å². The number of carbonyl (C=O) groups excluding carboxylic acids is 2. The van der Waals surface area contributed by atoms with Crippen molar-refractivity contribution < 1.29 is 29.7 Å². The van der Waals surface area contributed by atoms with Gasteiger partial charge < -0.3 is 20.1 Å². The Hall–Kier alpha value is -2.11. The van der Waals surface area contributed by atoms with Crippen LogP contribution in [0.4, 0.5) is 0 Å². The molecule has 0 bridgehead atoms. The first-order chi connectivity index (χ1) is 6.36. The van der Waals surface area contributed by atoms with Crippen LogP contribution in [0.1, 0.15) is 6.92 Å². The summed E-state index contributed by atoms with van der Waals surface area (Å²) < 4.78 is 0. The van der Waals surface area contributed by atoms with Gasteiger partial charge in [0.2, 0.25) is 0 Å². The second-order valence-corrected chi connectivity index (χ2v) is 2.28. The van der Waals surface area contributed by atoms with E-state index < -0.39 is 29.1 Å². The van der Waals surface area contributed by atoms with Gasteiger partial charge in [-0.25, -0.2) is 4.79 Å². The van der Waals surface area contributed by atoms with E-state index in [1.807, 2.05) is 0 Å². The average molecular weight is 198 g/mol. The largest absolute Gasteiger partial charge is 0.867 e. The monoisotopic (exact) mass is 198 g/mol. The SMILES string of the molecule is CC(=O)/C=C/C(C(=O)[O-])=C(\[O-])C(=O)O. The fourth-order valence-electron chi connectivity index (χ4n) is 0.552. The van der Waals surface area contributed by atoms with Gasteiger partial charge in [-0.05, 0) is 24.3 Å². The van der Waals surface area contributed by atoms with E-state index in [1.54, 1.807) is 0 Å². The maximum absolute atomic E-state index is 10.7. The molecular formula is C8H6O6-2. The lowest BCUT2D eigenvalue weighted by Crippen LogP contribution is -2.29. The van der Waals surface area contributed by atoms with Crippen molar-refractivity contribution in [2.45, 2.75) is 6.92 Å². The van der Waals surface area contributed by atoms with Gasteiger partial charge in [0, 0.05) is 0 Å². The second-order valence-electron chi connectivity index (χ2n) is 2.28. The first kappa shape index (κ1) is 11.9. The lowest BCUT2D eigenvalue weighted by Gasteiger charge is -2.12. The maximum Gasteiger partial charge on any atom is 0.321 e. The molecule has 0 saturated heterocycles. The topological polar surface area (TPSA) is 118 Å². The summed E-state index contributed by atoms with van der Waals surface area (Å²) in [5.74, 6) is -5.99. The summed E-state index contributed by atoms with van der Waals surface area (Å²) in [4.78, 5) is 30.8. The minimum Gasteiger partial charge on any atom is -0.867 e. The van der Waals surface area contributed by atoms with Gasteiger partial charge in [0.1, 0.15) is 0 Å². The van der Waals surface area contributed by atoms with E-state index in [2.05, 4.69) is 0 Å². The van der Waals surface area contributed by atoms with Crippen LogP contribution < -0.4 is 10.2 Å². The maximum atomic E-state index is 10.7. The van der Waals surface area contributed by atoms with Crippen molar-refractivity contribution in [2.75, 3.05) is 0 Å². The number of rotatable bonds is 4. The van der Waals surface area contributed by atoms with Crippen molar-refractivity contribution in [3.8, 4) is 0 Å². The Morgan fingerprint density at radius 1 is 1.14 bits per heavy atom. The summed E-state index contributed by atoms with van der Waals surface area (Å²) in [5, 5.41) is 29.1. The molecule has 0 aromatic rings. The number of carbonyl (C=O) groups is 3. The zero-order valence-electron chi connectivity index (χ0n) is 7.14. The average Bonchev–Trinajstić information content (AvgIpc) is 2.02. The minimum absolute atomic E-state index is 0.512. The van der Waals surface area contributed by atoms with E-state index in [0.29, 0.717) is 6.08 Å². The van der Waals surface area contributed by atoms with Crippen molar-refractivity contribution in [3.05, 3.63) is 23.5 Å². The van der Waals surface area contributed by atoms with Gasteiger partial charge in [-0.3, -0.25) is 4.79 Å². The van der Waals surface area contributed by atoms with Crippen LogP contribution in [0.25, 0.3) is 0 Å². The van der Waals surface area contributed by atoms with E-state index >= 15 is 0 Å². The molecule has 0 aromatic carbocycles. The first-order valence-electron chi connectivity index (χ1n) is 3.40. The molecule has 0 fully saturated rings. The van der Waals surface area contributed by atoms with Gasteiger partial charge in [0.25, 0.3) is 0 Å². The molecule has 76 valence electrons. The van der Waals surface area contributed by atoms with Crippen molar-refractivity contribution in [3.63, 3.8) is 0 Å². The van der Waals surface area contributed by atoms with Crippen LogP contribution in [-0.2, 0) is 14.4 Å². The Bertz CT molecular complexity index is 336. The zero-order valence-corrected chi connectivity index (χ0v) is 7.14. The smallest absolute Gasteiger partial charge is 0.321 e. The Labute approximate surface area is 78.8 Å². The molecule has 14 heavy (non-hydrogen) atoms.